The molecule has 0 unspecified atom stereocenters. The summed E-state index contributed by atoms with van der Waals surface area (Å²) in [5, 5.41) is 12.5. The highest BCUT2D eigenvalue weighted by Gasteiger charge is 2.35. The van der Waals surface area contributed by atoms with Gasteiger partial charge in [0.25, 0.3) is 0 Å². The molecule has 0 saturated heterocycles. The van der Waals surface area contributed by atoms with E-state index < -0.39 is 0 Å². The number of hydrogen-bond acceptors (Lipinski definition) is 2. The molecule has 72 valence electrons. The molecule has 0 aliphatic heterocycles. The van der Waals surface area contributed by atoms with E-state index in [9.17, 15) is 0 Å². The molecule has 0 radical (unpaired) electrons. The van der Waals surface area contributed by atoms with Crippen molar-refractivity contribution in [1.82, 2.24) is 5.32 Å². The highest BCUT2D eigenvalue weighted by Crippen LogP contribution is 2.34. The first-order valence-electron chi connectivity index (χ1n) is 5.04. The molecule has 2 N–H and O–H groups in total. The average Bonchev–Trinajstić information content (AvgIpc) is 1.94. The van der Waals surface area contributed by atoms with Crippen molar-refractivity contribution in [1.29, 1.82) is 0 Å². The van der Waals surface area contributed by atoms with Crippen LogP contribution in [0.3, 0.4) is 0 Å². The van der Waals surface area contributed by atoms with Crippen LogP contribution in [0.1, 0.15) is 39.5 Å². The SMILES string of the molecule is CC(C)CNC1(CCO)CCC1. The van der Waals surface area contributed by atoms with Gasteiger partial charge in [0.05, 0.1) is 0 Å². The molecule has 1 aliphatic rings. The van der Waals surface area contributed by atoms with Gasteiger partial charge in [-0.15, -0.1) is 0 Å². The van der Waals surface area contributed by atoms with Crippen LogP contribution in [0, 0.1) is 5.92 Å². The number of nitrogens with one attached hydrogen (secondary N) is 1. The summed E-state index contributed by atoms with van der Waals surface area (Å²) < 4.78 is 0. The summed E-state index contributed by atoms with van der Waals surface area (Å²) in [5.41, 5.74) is 0.305. The molecule has 0 amide bonds. The molecule has 0 aromatic carbocycles. The third kappa shape index (κ3) is 2.46. The van der Waals surface area contributed by atoms with Crippen molar-refractivity contribution in [3.8, 4) is 0 Å². The molecule has 2 nitrogen and oxygen atoms in total. The first kappa shape index (κ1) is 10.0. The van der Waals surface area contributed by atoms with Crippen LogP contribution in [0.2, 0.25) is 0 Å². The quantitative estimate of drug-likeness (QED) is 0.657. The Balaban J connectivity index is 2.24. The zero-order valence-corrected chi connectivity index (χ0v) is 8.27. The molecule has 1 saturated carbocycles. The van der Waals surface area contributed by atoms with Gasteiger partial charge in [0, 0.05) is 12.1 Å². The Kier molecular flexibility index (Phi) is 3.53. The van der Waals surface area contributed by atoms with Crippen molar-refractivity contribution < 1.29 is 5.11 Å². The summed E-state index contributed by atoms with van der Waals surface area (Å²) in [6, 6.07) is 0. The molecule has 0 atom stereocenters. The van der Waals surface area contributed by atoms with E-state index in [1.165, 1.54) is 19.3 Å². The van der Waals surface area contributed by atoms with E-state index in [0.717, 1.165) is 13.0 Å². The first-order valence-corrected chi connectivity index (χ1v) is 5.04. The highest BCUT2D eigenvalue weighted by atomic mass is 16.3. The lowest BCUT2D eigenvalue weighted by atomic mass is 9.74. The predicted molar refractivity (Wildman–Crippen MR) is 51.1 cm³/mol. The van der Waals surface area contributed by atoms with E-state index in [2.05, 4.69) is 19.2 Å². The maximum atomic E-state index is 8.89. The zero-order chi connectivity index (χ0) is 9.03. The standard InChI is InChI=1S/C10H21NO/c1-9(2)8-11-10(6-7-12)4-3-5-10/h9,11-12H,3-8H2,1-2H3. The minimum atomic E-state index is 0.305. The minimum Gasteiger partial charge on any atom is -0.396 e. The van der Waals surface area contributed by atoms with E-state index in [0.29, 0.717) is 18.1 Å². The molecular weight excluding hydrogens is 150 g/mol. The van der Waals surface area contributed by atoms with Gasteiger partial charge in [0.2, 0.25) is 0 Å². The molecule has 1 rings (SSSR count). The Morgan fingerprint density at radius 2 is 2.08 bits per heavy atom. The Morgan fingerprint density at radius 1 is 1.42 bits per heavy atom. The monoisotopic (exact) mass is 171 g/mol. The lowest BCUT2D eigenvalue weighted by molar-refractivity contribution is 0.128. The van der Waals surface area contributed by atoms with Crippen LogP contribution in [0.4, 0.5) is 0 Å². The fourth-order valence-corrected chi connectivity index (χ4v) is 1.75. The molecule has 2 heteroatoms. The average molecular weight is 171 g/mol. The van der Waals surface area contributed by atoms with Crippen LogP contribution in [0.25, 0.3) is 0 Å². The molecule has 0 bridgehead atoms. The Hall–Kier alpha value is -0.0800. The fourth-order valence-electron chi connectivity index (χ4n) is 1.75. The van der Waals surface area contributed by atoms with Gasteiger partial charge in [-0.05, 0) is 38.1 Å². The molecule has 1 aliphatic carbocycles. The molecule has 0 aromatic rings. The molecule has 0 aromatic heterocycles. The summed E-state index contributed by atoms with van der Waals surface area (Å²) in [4.78, 5) is 0. The van der Waals surface area contributed by atoms with Gasteiger partial charge in [0.1, 0.15) is 0 Å². The molecular formula is C10H21NO. The third-order valence-electron chi connectivity index (χ3n) is 2.79. The number of aliphatic hydroxyl groups excluding tert-OH is 1. The van der Waals surface area contributed by atoms with Gasteiger partial charge < -0.3 is 10.4 Å². The van der Waals surface area contributed by atoms with E-state index in [1.807, 2.05) is 0 Å². The van der Waals surface area contributed by atoms with Gasteiger partial charge >= 0.3 is 0 Å². The lowest BCUT2D eigenvalue weighted by Crippen LogP contribution is -2.52. The van der Waals surface area contributed by atoms with Crippen LogP contribution in [-0.4, -0.2) is 23.8 Å². The van der Waals surface area contributed by atoms with E-state index in [4.69, 9.17) is 5.11 Å². The van der Waals surface area contributed by atoms with Crippen LogP contribution >= 0.6 is 0 Å². The molecule has 12 heavy (non-hydrogen) atoms. The zero-order valence-electron chi connectivity index (χ0n) is 8.27. The fraction of sp³-hybridized carbons (Fsp3) is 1.00. The van der Waals surface area contributed by atoms with Gasteiger partial charge in [-0.1, -0.05) is 13.8 Å². The highest BCUT2D eigenvalue weighted by molar-refractivity contribution is 4.95. The summed E-state index contributed by atoms with van der Waals surface area (Å²) in [6.45, 7) is 5.85. The maximum Gasteiger partial charge on any atom is 0.0448 e. The van der Waals surface area contributed by atoms with Crippen LogP contribution in [0.15, 0.2) is 0 Å². The van der Waals surface area contributed by atoms with Gasteiger partial charge in [-0.25, -0.2) is 0 Å². The van der Waals surface area contributed by atoms with Gasteiger partial charge in [0.15, 0.2) is 0 Å². The van der Waals surface area contributed by atoms with Crippen molar-refractivity contribution in [2.45, 2.75) is 45.1 Å². The maximum absolute atomic E-state index is 8.89. The normalized spacial score (nSPS) is 21.0. The van der Waals surface area contributed by atoms with Crippen LogP contribution in [-0.2, 0) is 0 Å². The lowest BCUT2D eigenvalue weighted by Gasteiger charge is -2.43. The second-order valence-electron chi connectivity index (χ2n) is 4.38. The first-order chi connectivity index (χ1) is 5.68. The van der Waals surface area contributed by atoms with E-state index in [-0.39, 0.29) is 0 Å². The third-order valence-corrected chi connectivity index (χ3v) is 2.79. The topological polar surface area (TPSA) is 32.3 Å². The van der Waals surface area contributed by atoms with Crippen molar-refractivity contribution >= 4 is 0 Å². The van der Waals surface area contributed by atoms with Crippen molar-refractivity contribution in [2.75, 3.05) is 13.2 Å². The molecule has 0 spiro atoms. The second kappa shape index (κ2) is 4.24. The number of hydrogen-bond donors (Lipinski definition) is 2. The minimum absolute atomic E-state index is 0.305. The van der Waals surface area contributed by atoms with Crippen molar-refractivity contribution in [2.24, 2.45) is 5.92 Å². The number of rotatable bonds is 5. The summed E-state index contributed by atoms with van der Waals surface area (Å²) >= 11 is 0. The Bertz CT molecular complexity index is 130. The predicted octanol–water partition coefficient (Wildman–Crippen LogP) is 1.54. The largest absolute Gasteiger partial charge is 0.396 e. The second-order valence-corrected chi connectivity index (χ2v) is 4.38. The van der Waals surface area contributed by atoms with Crippen LogP contribution < -0.4 is 5.32 Å². The number of aliphatic hydroxyl groups is 1. The van der Waals surface area contributed by atoms with Crippen LogP contribution in [0.5, 0.6) is 0 Å². The van der Waals surface area contributed by atoms with Crippen molar-refractivity contribution in [3.05, 3.63) is 0 Å². The molecule has 1 fully saturated rings. The van der Waals surface area contributed by atoms with Gasteiger partial charge in [-0.3, -0.25) is 0 Å². The summed E-state index contributed by atoms with van der Waals surface area (Å²) in [5.74, 6) is 0.709. The summed E-state index contributed by atoms with van der Waals surface area (Å²) in [7, 11) is 0. The Morgan fingerprint density at radius 3 is 2.42 bits per heavy atom. The van der Waals surface area contributed by atoms with E-state index >= 15 is 0 Å². The van der Waals surface area contributed by atoms with Crippen molar-refractivity contribution in [3.63, 3.8) is 0 Å². The van der Waals surface area contributed by atoms with Gasteiger partial charge in [-0.2, -0.15) is 0 Å². The Labute approximate surface area is 75.4 Å². The van der Waals surface area contributed by atoms with E-state index in [1.54, 1.807) is 0 Å². The molecule has 0 heterocycles. The summed E-state index contributed by atoms with van der Waals surface area (Å²) in [6.07, 6.45) is 4.76. The smallest absolute Gasteiger partial charge is 0.0448 e.